The molecule has 33 heavy (non-hydrogen) atoms. The summed E-state index contributed by atoms with van der Waals surface area (Å²) < 4.78 is 36.3. The average molecular weight is 505 g/mol. The second kappa shape index (κ2) is 9.17. The van der Waals surface area contributed by atoms with Crippen molar-refractivity contribution in [2.45, 2.75) is 18.8 Å². The molecule has 0 saturated heterocycles. The van der Waals surface area contributed by atoms with Crippen LogP contribution in [0.4, 0.5) is 0 Å². The molecule has 2 heterocycles. The Hall–Kier alpha value is -2.88. The largest absolute Gasteiger partial charge is 0.484 e. The number of carbonyl (C=O) groups excluding carboxylic acids is 1. The summed E-state index contributed by atoms with van der Waals surface area (Å²) in [6.45, 7) is 1.85. The van der Waals surface area contributed by atoms with Gasteiger partial charge in [-0.2, -0.15) is 0 Å². The van der Waals surface area contributed by atoms with Gasteiger partial charge in [0, 0.05) is 22.9 Å². The first-order valence-corrected chi connectivity index (χ1v) is 13.2. The normalized spacial score (nSPS) is 12.6. The maximum Gasteiger partial charge on any atom is 0.351 e. The molecule has 1 atom stereocenters. The van der Waals surface area contributed by atoms with Crippen molar-refractivity contribution in [1.82, 2.24) is 9.55 Å². The van der Waals surface area contributed by atoms with E-state index < -0.39 is 21.9 Å². The van der Waals surface area contributed by atoms with E-state index in [0.29, 0.717) is 31.7 Å². The molecule has 7 nitrogen and oxygen atoms in total. The molecule has 2 aromatic heterocycles. The number of ether oxygens (including phenoxy) is 2. The SMILES string of the molecule is COC(=O)c1sc(-n2cnc3ccc(CS(C)(=O)=O)cc32)cc1O[C@H](C)c1ccccc1Cl. The Morgan fingerprint density at radius 2 is 1.97 bits per heavy atom. The highest BCUT2D eigenvalue weighted by Gasteiger charge is 2.23. The van der Waals surface area contributed by atoms with Crippen LogP contribution in [-0.4, -0.2) is 37.3 Å². The van der Waals surface area contributed by atoms with Crippen LogP contribution >= 0.6 is 22.9 Å². The predicted octanol–water partition coefficient (Wildman–Crippen LogP) is 5.21. The number of thiophene rings is 1. The third-order valence-electron chi connectivity index (χ3n) is 4.98. The first-order valence-electron chi connectivity index (χ1n) is 9.93. The van der Waals surface area contributed by atoms with Crippen LogP contribution in [-0.2, 0) is 20.3 Å². The summed E-state index contributed by atoms with van der Waals surface area (Å²) in [7, 11) is -1.87. The second-order valence-electron chi connectivity index (χ2n) is 7.56. The van der Waals surface area contributed by atoms with Crippen LogP contribution < -0.4 is 4.74 Å². The summed E-state index contributed by atoms with van der Waals surface area (Å²) in [5.41, 5.74) is 2.87. The van der Waals surface area contributed by atoms with Gasteiger partial charge in [-0.25, -0.2) is 18.2 Å². The zero-order valence-corrected chi connectivity index (χ0v) is 20.5. The molecule has 0 radical (unpaired) electrons. The van der Waals surface area contributed by atoms with Gasteiger partial charge in [0.2, 0.25) is 0 Å². The van der Waals surface area contributed by atoms with E-state index in [0.717, 1.165) is 11.1 Å². The zero-order chi connectivity index (χ0) is 23.8. The number of halogens is 1. The van der Waals surface area contributed by atoms with Gasteiger partial charge in [-0.05, 0) is 30.7 Å². The molecule has 0 unspecified atom stereocenters. The van der Waals surface area contributed by atoms with Gasteiger partial charge in [-0.3, -0.25) is 4.57 Å². The van der Waals surface area contributed by atoms with Crippen molar-refractivity contribution >= 4 is 49.8 Å². The Morgan fingerprint density at radius 1 is 1.21 bits per heavy atom. The fourth-order valence-corrected chi connectivity index (χ4v) is 5.55. The summed E-state index contributed by atoms with van der Waals surface area (Å²) >= 11 is 7.50. The topological polar surface area (TPSA) is 87.5 Å². The van der Waals surface area contributed by atoms with Gasteiger partial charge in [0.25, 0.3) is 0 Å². The molecule has 0 saturated carbocycles. The van der Waals surface area contributed by atoms with Crippen LogP contribution in [0.25, 0.3) is 16.0 Å². The maximum absolute atomic E-state index is 12.5. The third kappa shape index (κ3) is 5.05. The summed E-state index contributed by atoms with van der Waals surface area (Å²) in [5, 5.41) is 1.25. The summed E-state index contributed by atoms with van der Waals surface area (Å²) in [4.78, 5) is 17.2. The Morgan fingerprint density at radius 3 is 2.67 bits per heavy atom. The standard InChI is InChI=1S/C23H21ClN2O5S2/c1-14(16-6-4-5-7-17(16)24)31-20-11-21(32-22(20)23(27)30-2)26-13-25-18-9-8-15(10-19(18)26)12-33(3,28)29/h4-11,13-14H,12H2,1-3H3/t14-/m1/s1. The van der Waals surface area contributed by atoms with Crippen molar-refractivity contribution in [3.8, 4) is 10.8 Å². The van der Waals surface area contributed by atoms with E-state index in [4.69, 9.17) is 21.1 Å². The van der Waals surface area contributed by atoms with Crippen LogP contribution in [0.5, 0.6) is 5.75 Å². The number of esters is 1. The minimum atomic E-state index is -3.19. The molecule has 0 bridgehead atoms. The molecule has 0 amide bonds. The predicted molar refractivity (Wildman–Crippen MR) is 129 cm³/mol. The number of benzene rings is 2. The van der Waals surface area contributed by atoms with Crippen LogP contribution in [0.15, 0.2) is 54.9 Å². The molecular formula is C23H21ClN2O5S2. The highest BCUT2D eigenvalue weighted by molar-refractivity contribution is 7.89. The fourth-order valence-electron chi connectivity index (χ4n) is 3.48. The van der Waals surface area contributed by atoms with Crippen molar-refractivity contribution < 1.29 is 22.7 Å². The van der Waals surface area contributed by atoms with Gasteiger partial charge in [0.15, 0.2) is 14.7 Å². The lowest BCUT2D eigenvalue weighted by molar-refractivity contribution is 0.0600. The fraction of sp³-hybridized carbons (Fsp3) is 0.217. The molecule has 0 spiro atoms. The van der Waals surface area contributed by atoms with Gasteiger partial charge in [-0.1, -0.05) is 35.9 Å². The molecule has 172 valence electrons. The highest BCUT2D eigenvalue weighted by atomic mass is 35.5. The molecular weight excluding hydrogens is 484 g/mol. The number of aromatic nitrogens is 2. The molecule has 4 rings (SSSR count). The number of nitrogens with zero attached hydrogens (tertiary/aromatic N) is 2. The van der Waals surface area contributed by atoms with E-state index in [1.54, 1.807) is 41.2 Å². The van der Waals surface area contributed by atoms with Crippen LogP contribution in [0.2, 0.25) is 5.02 Å². The molecule has 0 aliphatic rings. The van der Waals surface area contributed by atoms with Gasteiger partial charge < -0.3 is 9.47 Å². The third-order valence-corrected chi connectivity index (χ3v) is 7.28. The van der Waals surface area contributed by atoms with Crippen LogP contribution in [0.3, 0.4) is 0 Å². The van der Waals surface area contributed by atoms with E-state index in [1.807, 2.05) is 25.1 Å². The number of fused-ring (bicyclic) bond motifs is 1. The summed E-state index contributed by atoms with van der Waals surface area (Å²) in [5.74, 6) is -0.228. The highest BCUT2D eigenvalue weighted by Crippen LogP contribution is 2.37. The van der Waals surface area contributed by atoms with Crippen molar-refractivity contribution in [3.63, 3.8) is 0 Å². The van der Waals surface area contributed by atoms with Crippen molar-refractivity contribution in [2.24, 2.45) is 0 Å². The molecule has 4 aromatic rings. The quantitative estimate of drug-likeness (QED) is 0.321. The number of sulfone groups is 1. The zero-order valence-electron chi connectivity index (χ0n) is 18.1. The number of hydrogen-bond donors (Lipinski definition) is 0. The van der Waals surface area contributed by atoms with E-state index in [-0.39, 0.29) is 5.75 Å². The number of rotatable bonds is 7. The molecule has 0 fully saturated rings. The smallest absolute Gasteiger partial charge is 0.351 e. The van der Waals surface area contributed by atoms with Gasteiger partial charge in [0.1, 0.15) is 23.2 Å². The van der Waals surface area contributed by atoms with Gasteiger partial charge in [0.05, 0.1) is 23.9 Å². The lowest BCUT2D eigenvalue weighted by Gasteiger charge is -2.16. The summed E-state index contributed by atoms with van der Waals surface area (Å²) in [6, 6.07) is 14.4. The Balaban J connectivity index is 1.75. The molecule has 10 heteroatoms. The molecule has 0 aliphatic heterocycles. The van der Waals surface area contributed by atoms with Gasteiger partial charge in [-0.15, -0.1) is 11.3 Å². The van der Waals surface area contributed by atoms with E-state index in [9.17, 15) is 13.2 Å². The van der Waals surface area contributed by atoms with Crippen LogP contribution in [0.1, 0.15) is 33.8 Å². The lowest BCUT2D eigenvalue weighted by Crippen LogP contribution is -2.07. The number of hydrogen-bond acceptors (Lipinski definition) is 7. The maximum atomic E-state index is 12.5. The summed E-state index contributed by atoms with van der Waals surface area (Å²) in [6.07, 6.45) is 2.41. The Kier molecular flexibility index (Phi) is 6.47. The molecule has 0 N–H and O–H groups in total. The first kappa shape index (κ1) is 23.3. The van der Waals surface area contributed by atoms with Crippen LogP contribution in [0, 0.1) is 0 Å². The van der Waals surface area contributed by atoms with E-state index in [1.165, 1.54) is 24.7 Å². The molecule has 2 aromatic carbocycles. The van der Waals surface area contributed by atoms with Crippen molar-refractivity contribution in [3.05, 3.63) is 75.9 Å². The number of methoxy groups -OCH3 is 1. The van der Waals surface area contributed by atoms with E-state index in [2.05, 4.69) is 4.98 Å². The van der Waals surface area contributed by atoms with Crippen molar-refractivity contribution in [2.75, 3.05) is 13.4 Å². The van der Waals surface area contributed by atoms with E-state index >= 15 is 0 Å². The minimum Gasteiger partial charge on any atom is -0.484 e. The first-order chi connectivity index (χ1) is 15.7. The minimum absolute atomic E-state index is 0.0737. The van der Waals surface area contributed by atoms with Gasteiger partial charge >= 0.3 is 5.97 Å². The lowest BCUT2D eigenvalue weighted by atomic mass is 10.1. The number of carbonyl (C=O) groups is 1. The van der Waals surface area contributed by atoms with Crippen molar-refractivity contribution in [1.29, 1.82) is 0 Å². The monoisotopic (exact) mass is 504 g/mol. The Labute approximate surface area is 200 Å². The average Bonchev–Trinajstić information content (AvgIpc) is 3.36. The second-order valence-corrected chi connectivity index (χ2v) is 11.1. The Bertz CT molecular complexity index is 1440. The molecule has 0 aliphatic carbocycles. The number of imidazole rings is 1.